The molecule has 0 aliphatic carbocycles. The Balaban J connectivity index is 3.16. The molecule has 0 aliphatic heterocycles. The van der Waals surface area contributed by atoms with Crippen LogP contribution < -0.4 is 4.74 Å². The van der Waals surface area contributed by atoms with E-state index in [0.29, 0.717) is 17.2 Å². The van der Waals surface area contributed by atoms with Gasteiger partial charge in [0.25, 0.3) is 0 Å². The highest BCUT2D eigenvalue weighted by atomic mass is 35.5. The molecule has 1 rings (SSSR count). The molecule has 0 amide bonds. The Morgan fingerprint density at radius 2 is 1.94 bits per heavy atom. The summed E-state index contributed by atoms with van der Waals surface area (Å²) in [5.74, 6) is 0.889. The van der Waals surface area contributed by atoms with Crippen molar-refractivity contribution in [2.24, 2.45) is 0 Å². The van der Waals surface area contributed by atoms with Gasteiger partial charge in [-0.05, 0) is 37.5 Å². The van der Waals surface area contributed by atoms with Crippen molar-refractivity contribution >= 4 is 17.4 Å². The van der Waals surface area contributed by atoms with E-state index < -0.39 is 0 Å². The largest absolute Gasteiger partial charge is 0.490 e. The zero-order valence-electron chi connectivity index (χ0n) is 10.8. The molecule has 17 heavy (non-hydrogen) atoms. The van der Waals surface area contributed by atoms with Crippen LogP contribution in [-0.4, -0.2) is 17.8 Å². The number of hydrogen-bond donors (Lipinski definition) is 0. The van der Waals surface area contributed by atoms with Gasteiger partial charge in [-0.15, -0.1) is 11.6 Å². The third-order valence-corrected chi connectivity index (χ3v) is 2.70. The smallest absolute Gasteiger partial charge is 0.181 e. The van der Waals surface area contributed by atoms with Crippen LogP contribution in [0.25, 0.3) is 0 Å². The second-order valence-corrected chi connectivity index (χ2v) is 4.90. The number of Topliss-reactive ketones (excluding diaryl/α,β-unsaturated/α-hetero) is 1. The Hall–Kier alpha value is -1.02. The van der Waals surface area contributed by atoms with Crippen molar-refractivity contribution in [3.63, 3.8) is 0 Å². The van der Waals surface area contributed by atoms with E-state index in [-0.39, 0.29) is 17.8 Å². The predicted octanol–water partition coefficient (Wildman–Crippen LogP) is 4.02. The second-order valence-electron chi connectivity index (χ2n) is 4.63. The zero-order valence-corrected chi connectivity index (χ0v) is 11.5. The Labute approximate surface area is 108 Å². The molecule has 0 radical (unpaired) electrons. The Morgan fingerprint density at radius 3 is 2.41 bits per heavy atom. The molecule has 0 bridgehead atoms. The van der Waals surface area contributed by atoms with E-state index in [9.17, 15) is 4.79 Å². The normalized spacial score (nSPS) is 11.0. The molecular formula is C14H19ClO2. The van der Waals surface area contributed by atoms with Gasteiger partial charge in [0, 0.05) is 0 Å². The summed E-state index contributed by atoms with van der Waals surface area (Å²) in [6.07, 6.45) is 0.0433. The fourth-order valence-electron chi connectivity index (χ4n) is 1.55. The molecule has 0 aromatic heterocycles. The number of carbonyl (C=O) groups excluding carboxylic acids is 1. The van der Waals surface area contributed by atoms with Gasteiger partial charge in [0.2, 0.25) is 0 Å². The fourth-order valence-corrected chi connectivity index (χ4v) is 1.70. The molecule has 0 spiro atoms. The quantitative estimate of drug-likeness (QED) is 0.586. The fraction of sp³-hybridized carbons (Fsp3) is 0.500. The molecule has 1 aromatic carbocycles. The van der Waals surface area contributed by atoms with Gasteiger partial charge in [-0.3, -0.25) is 4.79 Å². The average Bonchev–Trinajstić information content (AvgIpc) is 2.27. The monoisotopic (exact) mass is 254 g/mol. The molecule has 0 heterocycles. The summed E-state index contributed by atoms with van der Waals surface area (Å²) in [5, 5.41) is 0. The lowest BCUT2D eigenvalue weighted by atomic mass is 9.99. The molecule has 0 saturated heterocycles. The number of rotatable bonds is 5. The molecule has 0 unspecified atom stereocenters. The van der Waals surface area contributed by atoms with E-state index in [1.807, 2.05) is 32.0 Å². The molecule has 0 aliphatic rings. The Bertz CT molecular complexity index is 397. The Kier molecular flexibility index (Phi) is 5.01. The summed E-state index contributed by atoms with van der Waals surface area (Å²) in [6, 6.07) is 5.73. The van der Waals surface area contributed by atoms with Crippen molar-refractivity contribution in [1.29, 1.82) is 0 Å². The van der Waals surface area contributed by atoms with Crippen LogP contribution in [0, 0.1) is 0 Å². The first-order valence-corrected chi connectivity index (χ1v) is 6.39. The van der Waals surface area contributed by atoms with Gasteiger partial charge in [0.15, 0.2) is 5.78 Å². The average molecular weight is 255 g/mol. The van der Waals surface area contributed by atoms with Gasteiger partial charge in [0.1, 0.15) is 5.75 Å². The highest BCUT2D eigenvalue weighted by Crippen LogP contribution is 2.26. The lowest BCUT2D eigenvalue weighted by Crippen LogP contribution is -2.11. The number of ether oxygens (including phenoxy) is 1. The minimum Gasteiger partial charge on any atom is -0.490 e. The molecule has 0 fully saturated rings. The van der Waals surface area contributed by atoms with Crippen molar-refractivity contribution in [1.82, 2.24) is 0 Å². The van der Waals surface area contributed by atoms with Gasteiger partial charge in [-0.2, -0.15) is 0 Å². The first-order valence-electron chi connectivity index (χ1n) is 5.85. The maximum absolute atomic E-state index is 11.8. The van der Waals surface area contributed by atoms with Crippen molar-refractivity contribution in [3.05, 3.63) is 29.3 Å². The second kappa shape index (κ2) is 6.06. The van der Waals surface area contributed by atoms with Crippen LogP contribution in [0.1, 0.15) is 49.5 Å². The summed E-state index contributed by atoms with van der Waals surface area (Å²) in [6.45, 7) is 8.05. The Morgan fingerprint density at radius 1 is 1.29 bits per heavy atom. The number of carbonyl (C=O) groups is 1. The standard InChI is InChI=1S/C14H19ClO2/c1-9(2)11-5-6-14(17-10(3)4)12(7-11)13(16)8-15/h5-7,9-10H,8H2,1-4H3. The summed E-state index contributed by atoms with van der Waals surface area (Å²) in [5.41, 5.74) is 1.70. The van der Waals surface area contributed by atoms with Gasteiger partial charge in [0.05, 0.1) is 17.5 Å². The van der Waals surface area contributed by atoms with Crippen molar-refractivity contribution in [2.45, 2.75) is 39.7 Å². The van der Waals surface area contributed by atoms with Gasteiger partial charge < -0.3 is 4.74 Å². The lowest BCUT2D eigenvalue weighted by Gasteiger charge is -2.15. The molecule has 0 N–H and O–H groups in total. The van der Waals surface area contributed by atoms with Crippen LogP contribution >= 0.6 is 11.6 Å². The van der Waals surface area contributed by atoms with Crippen LogP contribution in [0.5, 0.6) is 5.75 Å². The molecule has 94 valence electrons. The van der Waals surface area contributed by atoms with Crippen molar-refractivity contribution in [2.75, 3.05) is 5.88 Å². The molecule has 3 heteroatoms. The SMILES string of the molecule is CC(C)Oc1ccc(C(C)C)cc1C(=O)CCl. The summed E-state index contributed by atoms with van der Waals surface area (Å²) >= 11 is 5.62. The maximum Gasteiger partial charge on any atom is 0.181 e. The summed E-state index contributed by atoms with van der Waals surface area (Å²) in [4.78, 5) is 11.8. The van der Waals surface area contributed by atoms with Crippen molar-refractivity contribution in [3.8, 4) is 5.75 Å². The van der Waals surface area contributed by atoms with E-state index in [2.05, 4.69) is 13.8 Å². The van der Waals surface area contributed by atoms with Gasteiger partial charge in [-0.25, -0.2) is 0 Å². The van der Waals surface area contributed by atoms with Crippen LogP contribution in [0.4, 0.5) is 0 Å². The number of halogens is 1. The van der Waals surface area contributed by atoms with E-state index in [1.165, 1.54) is 0 Å². The topological polar surface area (TPSA) is 26.3 Å². The predicted molar refractivity (Wildman–Crippen MR) is 71.3 cm³/mol. The van der Waals surface area contributed by atoms with Crippen LogP contribution in [0.2, 0.25) is 0 Å². The highest BCUT2D eigenvalue weighted by Gasteiger charge is 2.14. The molecule has 0 atom stereocenters. The molecule has 0 saturated carbocycles. The minimum atomic E-state index is -0.0928. The van der Waals surface area contributed by atoms with Crippen LogP contribution in [0.15, 0.2) is 18.2 Å². The van der Waals surface area contributed by atoms with E-state index in [4.69, 9.17) is 16.3 Å². The first-order chi connectivity index (χ1) is 7.95. The van der Waals surface area contributed by atoms with Crippen molar-refractivity contribution < 1.29 is 9.53 Å². The number of hydrogen-bond acceptors (Lipinski definition) is 2. The third kappa shape index (κ3) is 3.74. The zero-order chi connectivity index (χ0) is 13.0. The van der Waals surface area contributed by atoms with E-state index in [1.54, 1.807) is 0 Å². The molecular weight excluding hydrogens is 236 g/mol. The minimum absolute atomic E-state index is 0.0179. The number of alkyl halides is 1. The lowest BCUT2D eigenvalue weighted by molar-refractivity contribution is 0.101. The van der Waals surface area contributed by atoms with Crippen LogP contribution in [-0.2, 0) is 0 Å². The highest BCUT2D eigenvalue weighted by molar-refractivity contribution is 6.30. The maximum atomic E-state index is 11.8. The number of ketones is 1. The van der Waals surface area contributed by atoms with E-state index in [0.717, 1.165) is 5.56 Å². The van der Waals surface area contributed by atoms with E-state index >= 15 is 0 Å². The summed E-state index contributed by atoms with van der Waals surface area (Å²) < 4.78 is 5.62. The van der Waals surface area contributed by atoms with Gasteiger partial charge >= 0.3 is 0 Å². The first kappa shape index (κ1) is 14.0. The molecule has 1 aromatic rings. The van der Waals surface area contributed by atoms with Gasteiger partial charge in [-0.1, -0.05) is 19.9 Å². The summed E-state index contributed by atoms with van der Waals surface area (Å²) in [7, 11) is 0. The molecule has 2 nitrogen and oxygen atoms in total. The third-order valence-electron chi connectivity index (χ3n) is 2.45. The van der Waals surface area contributed by atoms with Crippen LogP contribution in [0.3, 0.4) is 0 Å². The number of benzene rings is 1.